The Balaban J connectivity index is 0.00000300. The molecule has 0 radical (unpaired) electrons. The molecule has 1 aliphatic rings. The standard InChI is InChI=1S/C21H29N5O2.HI/c1-4-28-20-16(8-7-12-23-20)14-24-21(22-2)25-17-11-13-26(15-17)18-9-5-6-10-19(18)27-3;/h5-10,12,17H,4,11,13-15H2,1-3H3,(H2,22,24,25);1H. The van der Waals surface area contributed by atoms with E-state index in [1.165, 1.54) is 0 Å². The smallest absolute Gasteiger partial charge is 0.218 e. The van der Waals surface area contributed by atoms with E-state index in [1.54, 1.807) is 20.4 Å². The molecule has 0 aliphatic carbocycles. The van der Waals surface area contributed by atoms with Crippen LogP contribution in [0.2, 0.25) is 0 Å². The minimum absolute atomic E-state index is 0. The van der Waals surface area contributed by atoms with Crippen molar-refractivity contribution < 1.29 is 9.47 Å². The lowest BCUT2D eigenvalue weighted by Gasteiger charge is -2.22. The third-order valence-electron chi connectivity index (χ3n) is 4.76. The normalized spacial score (nSPS) is 16.2. The first-order chi connectivity index (χ1) is 13.7. The van der Waals surface area contributed by atoms with Gasteiger partial charge in [-0.15, -0.1) is 24.0 Å². The van der Waals surface area contributed by atoms with E-state index in [1.807, 2.05) is 37.3 Å². The number of hydrogen-bond donors (Lipinski definition) is 2. The molecular formula is C21H30IN5O2. The summed E-state index contributed by atoms with van der Waals surface area (Å²) in [6.07, 6.45) is 2.78. The number of benzene rings is 1. The summed E-state index contributed by atoms with van der Waals surface area (Å²) < 4.78 is 11.1. The maximum absolute atomic E-state index is 5.59. The first-order valence-electron chi connectivity index (χ1n) is 9.67. The number of aromatic nitrogens is 1. The highest BCUT2D eigenvalue weighted by Gasteiger charge is 2.25. The van der Waals surface area contributed by atoms with Crippen LogP contribution in [0.4, 0.5) is 5.69 Å². The van der Waals surface area contributed by atoms with Crippen LogP contribution in [0.3, 0.4) is 0 Å². The predicted octanol–water partition coefficient (Wildman–Crippen LogP) is 3.05. The molecular weight excluding hydrogens is 481 g/mol. The van der Waals surface area contributed by atoms with Gasteiger partial charge in [0.2, 0.25) is 5.88 Å². The fraction of sp³-hybridized carbons (Fsp3) is 0.429. The van der Waals surface area contributed by atoms with Gasteiger partial charge in [-0.2, -0.15) is 0 Å². The molecule has 2 aromatic rings. The fourth-order valence-electron chi connectivity index (χ4n) is 3.38. The summed E-state index contributed by atoms with van der Waals surface area (Å²) in [5.74, 6) is 2.35. The fourth-order valence-corrected chi connectivity index (χ4v) is 3.38. The van der Waals surface area contributed by atoms with Crippen molar-refractivity contribution in [1.29, 1.82) is 0 Å². The van der Waals surface area contributed by atoms with Crippen molar-refractivity contribution in [3.05, 3.63) is 48.2 Å². The molecule has 8 heteroatoms. The maximum atomic E-state index is 5.59. The third-order valence-corrected chi connectivity index (χ3v) is 4.76. The molecule has 158 valence electrons. The van der Waals surface area contributed by atoms with Gasteiger partial charge in [-0.05, 0) is 31.5 Å². The molecule has 0 amide bonds. The van der Waals surface area contributed by atoms with Gasteiger partial charge in [0, 0.05) is 44.5 Å². The lowest BCUT2D eigenvalue weighted by molar-refractivity contribution is 0.322. The number of methoxy groups -OCH3 is 1. The molecule has 3 rings (SSSR count). The van der Waals surface area contributed by atoms with Gasteiger partial charge in [-0.1, -0.05) is 18.2 Å². The number of guanidine groups is 1. The third kappa shape index (κ3) is 6.12. The summed E-state index contributed by atoms with van der Waals surface area (Å²) in [4.78, 5) is 11.0. The van der Waals surface area contributed by atoms with Gasteiger partial charge in [0.25, 0.3) is 0 Å². The van der Waals surface area contributed by atoms with Gasteiger partial charge in [-0.25, -0.2) is 4.98 Å². The number of para-hydroxylation sites is 2. The number of aliphatic imine (C=N–C) groups is 1. The van der Waals surface area contributed by atoms with Crippen LogP contribution in [-0.2, 0) is 6.54 Å². The van der Waals surface area contributed by atoms with Gasteiger partial charge >= 0.3 is 0 Å². The molecule has 1 unspecified atom stereocenters. The van der Waals surface area contributed by atoms with Crippen molar-refractivity contribution in [3.8, 4) is 11.6 Å². The number of pyridine rings is 1. The summed E-state index contributed by atoms with van der Waals surface area (Å²) >= 11 is 0. The molecule has 2 N–H and O–H groups in total. The Labute approximate surface area is 189 Å². The monoisotopic (exact) mass is 511 g/mol. The van der Waals surface area contributed by atoms with Crippen molar-refractivity contribution in [3.63, 3.8) is 0 Å². The molecule has 1 aliphatic heterocycles. The first kappa shape index (κ1) is 23.1. The van der Waals surface area contributed by atoms with Crippen molar-refractivity contribution >= 4 is 35.6 Å². The minimum atomic E-state index is 0. The van der Waals surface area contributed by atoms with Crippen LogP contribution in [-0.4, -0.2) is 50.8 Å². The van der Waals surface area contributed by atoms with Crippen molar-refractivity contribution in [2.45, 2.75) is 25.9 Å². The zero-order chi connectivity index (χ0) is 19.8. The molecule has 0 spiro atoms. The molecule has 1 aromatic carbocycles. The molecule has 0 saturated carbocycles. The highest BCUT2D eigenvalue weighted by atomic mass is 127. The van der Waals surface area contributed by atoms with Gasteiger partial charge in [0.05, 0.1) is 19.4 Å². The minimum Gasteiger partial charge on any atom is -0.495 e. The van der Waals surface area contributed by atoms with Crippen LogP contribution in [0, 0.1) is 0 Å². The van der Waals surface area contributed by atoms with Crippen molar-refractivity contribution in [1.82, 2.24) is 15.6 Å². The summed E-state index contributed by atoms with van der Waals surface area (Å²) in [7, 11) is 3.50. The average Bonchev–Trinajstić information content (AvgIpc) is 3.20. The number of ether oxygens (including phenoxy) is 2. The number of nitrogens with zero attached hydrogens (tertiary/aromatic N) is 3. The van der Waals surface area contributed by atoms with E-state index in [0.717, 1.165) is 42.5 Å². The Hall–Kier alpha value is -2.23. The summed E-state index contributed by atoms with van der Waals surface area (Å²) in [6, 6.07) is 12.4. The highest BCUT2D eigenvalue weighted by Crippen LogP contribution is 2.30. The van der Waals surface area contributed by atoms with Gasteiger partial charge in [-0.3, -0.25) is 4.99 Å². The first-order valence-corrected chi connectivity index (χ1v) is 9.67. The summed E-state index contributed by atoms with van der Waals surface area (Å²) in [5, 5.41) is 6.88. The van der Waals surface area contributed by atoms with Crippen LogP contribution in [0.25, 0.3) is 0 Å². The largest absolute Gasteiger partial charge is 0.495 e. The van der Waals surface area contributed by atoms with E-state index in [9.17, 15) is 0 Å². The van der Waals surface area contributed by atoms with E-state index in [4.69, 9.17) is 9.47 Å². The van der Waals surface area contributed by atoms with Crippen LogP contribution < -0.4 is 25.0 Å². The predicted molar refractivity (Wildman–Crippen MR) is 128 cm³/mol. The second-order valence-electron chi connectivity index (χ2n) is 6.57. The van der Waals surface area contributed by atoms with E-state index < -0.39 is 0 Å². The van der Waals surface area contributed by atoms with Crippen molar-refractivity contribution in [2.75, 3.05) is 38.8 Å². The quantitative estimate of drug-likeness (QED) is 0.339. The van der Waals surface area contributed by atoms with Crippen molar-refractivity contribution in [2.24, 2.45) is 4.99 Å². The number of rotatable bonds is 7. The zero-order valence-corrected chi connectivity index (χ0v) is 19.6. The van der Waals surface area contributed by atoms with E-state index >= 15 is 0 Å². The van der Waals surface area contributed by atoms with Crippen LogP contribution in [0.15, 0.2) is 47.6 Å². The van der Waals surface area contributed by atoms with E-state index in [-0.39, 0.29) is 24.0 Å². The topological polar surface area (TPSA) is 71.0 Å². The number of halogens is 1. The van der Waals surface area contributed by atoms with Crippen LogP contribution >= 0.6 is 24.0 Å². The molecule has 0 bridgehead atoms. The Bertz CT molecular complexity index is 802. The average molecular weight is 511 g/mol. The van der Waals surface area contributed by atoms with Gasteiger partial charge < -0.3 is 25.0 Å². The van der Waals surface area contributed by atoms with E-state index in [0.29, 0.717) is 25.1 Å². The summed E-state index contributed by atoms with van der Waals surface area (Å²) in [6.45, 7) is 5.04. The van der Waals surface area contributed by atoms with E-state index in [2.05, 4.69) is 31.6 Å². The van der Waals surface area contributed by atoms with Crippen LogP contribution in [0.5, 0.6) is 11.6 Å². The molecule has 1 fully saturated rings. The second kappa shape index (κ2) is 11.7. The molecule has 1 atom stereocenters. The summed E-state index contributed by atoms with van der Waals surface area (Å²) in [5.41, 5.74) is 2.14. The lowest BCUT2D eigenvalue weighted by atomic mass is 10.2. The molecule has 1 aromatic heterocycles. The second-order valence-corrected chi connectivity index (χ2v) is 6.57. The molecule has 1 saturated heterocycles. The Morgan fingerprint density at radius 1 is 1.28 bits per heavy atom. The molecule has 2 heterocycles. The Morgan fingerprint density at radius 3 is 2.86 bits per heavy atom. The van der Waals surface area contributed by atoms with Crippen LogP contribution in [0.1, 0.15) is 18.9 Å². The Kier molecular flexibility index (Phi) is 9.30. The number of anilines is 1. The zero-order valence-electron chi connectivity index (χ0n) is 17.2. The van der Waals surface area contributed by atoms with Gasteiger partial charge in [0.15, 0.2) is 5.96 Å². The SMILES string of the molecule is CCOc1ncccc1CNC(=NC)NC1CCN(c2ccccc2OC)C1.I. The van der Waals surface area contributed by atoms with Gasteiger partial charge in [0.1, 0.15) is 5.75 Å². The maximum Gasteiger partial charge on any atom is 0.218 e. The lowest BCUT2D eigenvalue weighted by Crippen LogP contribution is -2.44. The Morgan fingerprint density at radius 2 is 2.10 bits per heavy atom. The highest BCUT2D eigenvalue weighted by molar-refractivity contribution is 14.0. The molecule has 7 nitrogen and oxygen atoms in total. The molecule has 29 heavy (non-hydrogen) atoms. The number of hydrogen-bond acceptors (Lipinski definition) is 5. The number of nitrogens with one attached hydrogen (secondary N) is 2.